The number of piperidine rings is 1. The summed E-state index contributed by atoms with van der Waals surface area (Å²) in [5, 5.41) is 19.6. The Balaban J connectivity index is 1.44. The molecule has 35 heavy (non-hydrogen) atoms. The molecular weight excluding hydrogens is 481 g/mol. The lowest BCUT2D eigenvalue weighted by molar-refractivity contribution is -0.133. The van der Waals surface area contributed by atoms with Gasteiger partial charge in [0, 0.05) is 28.5 Å². The molecule has 3 heterocycles. The fourth-order valence-corrected chi connectivity index (χ4v) is 5.67. The predicted molar refractivity (Wildman–Crippen MR) is 140 cm³/mol. The van der Waals surface area contributed by atoms with Crippen molar-refractivity contribution in [2.75, 3.05) is 19.6 Å². The highest BCUT2D eigenvalue weighted by Crippen LogP contribution is 2.33. The van der Waals surface area contributed by atoms with Crippen LogP contribution in [0.2, 0.25) is 10.0 Å². The largest absolute Gasteiger partial charge is 0.337 e. The van der Waals surface area contributed by atoms with Gasteiger partial charge in [-0.1, -0.05) is 47.8 Å². The zero-order valence-electron chi connectivity index (χ0n) is 19.6. The molecule has 2 atom stereocenters. The molecule has 1 unspecified atom stereocenters. The second-order valence-electron chi connectivity index (χ2n) is 9.24. The van der Waals surface area contributed by atoms with Crippen molar-refractivity contribution in [2.45, 2.75) is 44.7 Å². The van der Waals surface area contributed by atoms with E-state index >= 15 is 0 Å². The number of amides is 1. The van der Waals surface area contributed by atoms with Crippen LogP contribution in [0, 0.1) is 11.3 Å². The Morgan fingerprint density at radius 1 is 1.23 bits per heavy atom. The first-order valence-electron chi connectivity index (χ1n) is 12.0. The van der Waals surface area contributed by atoms with Crippen molar-refractivity contribution in [3.05, 3.63) is 69.3 Å². The van der Waals surface area contributed by atoms with Crippen molar-refractivity contribution < 1.29 is 4.79 Å². The van der Waals surface area contributed by atoms with Crippen LogP contribution in [0.4, 0.5) is 0 Å². The smallest absolute Gasteiger partial charge is 0.239 e. The van der Waals surface area contributed by atoms with Gasteiger partial charge in [-0.3, -0.25) is 9.48 Å². The Kier molecular flexibility index (Phi) is 6.84. The maximum atomic E-state index is 12.9. The summed E-state index contributed by atoms with van der Waals surface area (Å²) in [4.78, 5) is 14.8. The van der Waals surface area contributed by atoms with Crippen LogP contribution >= 0.6 is 23.2 Å². The summed E-state index contributed by atoms with van der Waals surface area (Å²) < 4.78 is 1.86. The van der Waals surface area contributed by atoms with Crippen molar-refractivity contribution in [1.29, 1.82) is 5.26 Å². The van der Waals surface area contributed by atoms with Crippen molar-refractivity contribution in [3.8, 4) is 6.07 Å². The molecule has 1 fully saturated rings. The van der Waals surface area contributed by atoms with Crippen molar-refractivity contribution in [3.63, 3.8) is 0 Å². The van der Waals surface area contributed by atoms with E-state index in [1.54, 1.807) is 6.07 Å². The van der Waals surface area contributed by atoms with Gasteiger partial charge in [-0.2, -0.15) is 10.4 Å². The molecule has 0 saturated carbocycles. The van der Waals surface area contributed by atoms with Gasteiger partial charge in [-0.05, 0) is 73.7 Å². The molecule has 3 aromatic rings. The van der Waals surface area contributed by atoms with E-state index in [1.807, 2.05) is 40.8 Å². The number of hydrogen-bond acceptors (Lipinski definition) is 4. The molecule has 1 amide bonds. The van der Waals surface area contributed by atoms with Crippen LogP contribution in [0.1, 0.15) is 55.5 Å². The molecule has 2 aromatic carbocycles. The number of halogens is 2. The lowest BCUT2D eigenvalue weighted by atomic mass is 9.97. The second-order valence-corrected chi connectivity index (χ2v) is 10.1. The third-order valence-electron chi connectivity index (χ3n) is 7.09. The second kappa shape index (κ2) is 10.0. The van der Waals surface area contributed by atoms with Crippen molar-refractivity contribution in [1.82, 2.24) is 20.0 Å². The maximum absolute atomic E-state index is 12.9. The zero-order valence-corrected chi connectivity index (χ0v) is 21.1. The minimum absolute atomic E-state index is 0.0463. The van der Waals surface area contributed by atoms with E-state index in [0.29, 0.717) is 28.8 Å². The highest BCUT2D eigenvalue weighted by molar-refractivity contribution is 6.35. The van der Waals surface area contributed by atoms with E-state index in [1.165, 1.54) is 5.57 Å². The molecule has 1 aromatic heterocycles. The molecule has 5 rings (SSSR count). The summed E-state index contributed by atoms with van der Waals surface area (Å²) in [5.74, 6) is 0.209. The van der Waals surface area contributed by atoms with Gasteiger partial charge in [-0.15, -0.1) is 0 Å². The Labute approximate surface area is 215 Å². The number of benzene rings is 2. The average Bonchev–Trinajstić information content (AvgIpc) is 3.26. The summed E-state index contributed by atoms with van der Waals surface area (Å²) in [5.41, 5.74) is 4.44. The van der Waals surface area contributed by atoms with Gasteiger partial charge in [0.25, 0.3) is 0 Å². The van der Waals surface area contributed by atoms with E-state index in [0.717, 1.165) is 54.3 Å². The molecule has 0 spiro atoms. The molecule has 2 aliphatic heterocycles. The first-order valence-corrected chi connectivity index (χ1v) is 12.8. The van der Waals surface area contributed by atoms with Gasteiger partial charge < -0.3 is 10.2 Å². The topological polar surface area (TPSA) is 74.0 Å². The quantitative estimate of drug-likeness (QED) is 0.499. The normalized spacial score (nSPS) is 19.3. The summed E-state index contributed by atoms with van der Waals surface area (Å²) in [6.45, 7) is 4.26. The highest BCUT2D eigenvalue weighted by atomic mass is 35.5. The number of carbonyl (C=O) groups excluding carboxylic acids is 1. The SMILES string of the molecule is C[C@H](c1ccc(Cl)cc1Cl)n1nc(C#N)c2ccc(C3=CCN(C(=O)C4CCCCN4)CC3)cc21. The van der Waals surface area contributed by atoms with Gasteiger partial charge in [-0.25, -0.2) is 0 Å². The Morgan fingerprint density at radius 3 is 2.77 bits per heavy atom. The molecule has 1 saturated heterocycles. The fourth-order valence-electron chi connectivity index (χ4n) is 5.10. The fraction of sp³-hybridized carbons (Fsp3) is 0.370. The molecule has 0 radical (unpaired) electrons. The Hall–Kier alpha value is -2.85. The molecule has 2 aliphatic rings. The first-order chi connectivity index (χ1) is 17.0. The number of fused-ring (bicyclic) bond motifs is 1. The van der Waals surface area contributed by atoms with E-state index in [4.69, 9.17) is 23.2 Å². The van der Waals surface area contributed by atoms with Crippen LogP contribution in [0.3, 0.4) is 0 Å². The summed E-state index contributed by atoms with van der Waals surface area (Å²) >= 11 is 12.6. The van der Waals surface area contributed by atoms with Crippen LogP contribution in [-0.2, 0) is 4.79 Å². The monoisotopic (exact) mass is 507 g/mol. The first kappa shape index (κ1) is 23.9. The van der Waals surface area contributed by atoms with Gasteiger partial charge in [0.2, 0.25) is 5.91 Å². The third-order valence-corrected chi connectivity index (χ3v) is 7.66. The Bertz CT molecular complexity index is 1350. The van der Waals surface area contributed by atoms with E-state index in [-0.39, 0.29) is 18.0 Å². The molecule has 180 valence electrons. The lowest BCUT2D eigenvalue weighted by Gasteiger charge is -2.32. The summed E-state index contributed by atoms with van der Waals surface area (Å²) in [6, 6.07) is 13.5. The summed E-state index contributed by atoms with van der Waals surface area (Å²) in [7, 11) is 0. The number of nitrogens with zero attached hydrogens (tertiary/aromatic N) is 4. The van der Waals surface area contributed by atoms with Crippen molar-refractivity contribution >= 4 is 45.6 Å². The lowest BCUT2D eigenvalue weighted by Crippen LogP contribution is -2.49. The zero-order chi connectivity index (χ0) is 24.5. The number of rotatable bonds is 4. The van der Waals surface area contributed by atoms with Crippen LogP contribution < -0.4 is 5.32 Å². The van der Waals surface area contributed by atoms with E-state index in [9.17, 15) is 10.1 Å². The maximum Gasteiger partial charge on any atom is 0.239 e. The number of hydrogen-bond donors (Lipinski definition) is 1. The van der Waals surface area contributed by atoms with Gasteiger partial charge in [0.15, 0.2) is 5.69 Å². The van der Waals surface area contributed by atoms with Gasteiger partial charge in [0.1, 0.15) is 6.07 Å². The predicted octanol–water partition coefficient (Wildman–Crippen LogP) is 5.58. The molecule has 0 bridgehead atoms. The minimum atomic E-state index is -0.184. The standard InChI is InChI=1S/C27H27Cl2N5O/c1-17(21-8-6-20(28)15-23(21)29)34-26-14-19(5-7-22(26)25(16-30)32-34)18-9-12-33(13-10-18)27(35)24-4-2-3-11-31-24/h5-9,14-15,17,24,31H,2-4,10-13H2,1H3/t17-,24?/m1/s1. The van der Waals surface area contributed by atoms with Crippen LogP contribution in [0.15, 0.2) is 42.5 Å². The minimum Gasteiger partial charge on any atom is -0.337 e. The van der Waals surface area contributed by atoms with Crippen LogP contribution in [-0.4, -0.2) is 46.3 Å². The summed E-state index contributed by atoms with van der Waals surface area (Å²) in [6.07, 6.45) is 6.11. The number of aromatic nitrogens is 2. The third kappa shape index (κ3) is 4.69. The van der Waals surface area contributed by atoms with E-state index < -0.39 is 0 Å². The molecule has 8 heteroatoms. The highest BCUT2D eigenvalue weighted by Gasteiger charge is 2.27. The molecular formula is C27H27Cl2N5O. The van der Waals surface area contributed by atoms with Gasteiger partial charge >= 0.3 is 0 Å². The van der Waals surface area contributed by atoms with Crippen molar-refractivity contribution in [2.24, 2.45) is 0 Å². The molecule has 0 aliphatic carbocycles. The van der Waals surface area contributed by atoms with Gasteiger partial charge in [0.05, 0.1) is 17.6 Å². The Morgan fingerprint density at radius 2 is 2.09 bits per heavy atom. The number of nitriles is 1. The van der Waals surface area contributed by atoms with E-state index in [2.05, 4.69) is 28.6 Å². The number of nitrogens with one attached hydrogen (secondary N) is 1. The average molecular weight is 508 g/mol. The molecule has 6 nitrogen and oxygen atoms in total. The number of carbonyl (C=O) groups is 1. The van der Waals surface area contributed by atoms with Crippen LogP contribution in [0.5, 0.6) is 0 Å². The molecule has 1 N–H and O–H groups in total. The van der Waals surface area contributed by atoms with Crippen LogP contribution in [0.25, 0.3) is 16.5 Å².